The monoisotopic (exact) mass is 1190 g/mol. The first-order valence-electron chi connectivity index (χ1n) is 30.2. The number of hydrogen-bond acceptors (Lipinski definition) is 12. The number of aliphatic hydroxyl groups excluding tert-OH is 1. The van der Waals surface area contributed by atoms with E-state index in [2.05, 4.69) is 26.6 Å². The number of hydrogen-bond donors (Lipinski definition) is 6. The molecule has 0 aromatic heterocycles. The zero-order valence-corrected chi connectivity index (χ0v) is 55.1. The van der Waals surface area contributed by atoms with Crippen LogP contribution in [0.2, 0.25) is 0 Å². The Balaban J connectivity index is 4.27. The molecule has 0 aromatic carbocycles. The van der Waals surface area contributed by atoms with E-state index in [9.17, 15) is 53.1 Å². The first kappa shape index (κ1) is 75.9. The second-order valence-corrected chi connectivity index (χ2v) is 25.7. The lowest BCUT2D eigenvalue weighted by molar-refractivity contribution is -0.154. The van der Waals surface area contributed by atoms with E-state index in [1.165, 1.54) is 75.7 Å². The summed E-state index contributed by atoms with van der Waals surface area (Å²) in [4.78, 5) is 166. The van der Waals surface area contributed by atoms with Crippen molar-refractivity contribution in [3.63, 3.8) is 0 Å². The minimum absolute atomic E-state index is 0.0224. The van der Waals surface area contributed by atoms with Crippen LogP contribution in [-0.2, 0) is 52.7 Å². The smallest absolute Gasteiger partial charge is 0.246 e. The summed E-state index contributed by atoms with van der Waals surface area (Å²) in [5.74, 6) is -9.87. The predicted octanol–water partition coefficient (Wildman–Crippen LogP) is 2.93. The van der Waals surface area contributed by atoms with Crippen LogP contribution >= 0.6 is 0 Å². The van der Waals surface area contributed by atoms with E-state index in [4.69, 9.17) is 0 Å². The number of carbonyl (C=O) groups is 11. The molecule has 23 heteroatoms. The van der Waals surface area contributed by atoms with Crippen LogP contribution in [0.3, 0.4) is 0 Å². The van der Waals surface area contributed by atoms with Crippen molar-refractivity contribution < 1.29 is 57.8 Å². The molecule has 1 aliphatic heterocycles. The third kappa shape index (κ3) is 21.7. The Morgan fingerprint density at radius 2 is 0.893 bits per heavy atom. The molecule has 480 valence electrons. The minimum Gasteiger partial charge on any atom is -0.390 e. The largest absolute Gasteiger partial charge is 0.390 e. The van der Waals surface area contributed by atoms with E-state index in [1.54, 1.807) is 60.6 Å². The van der Waals surface area contributed by atoms with E-state index in [0.29, 0.717) is 6.42 Å². The highest BCUT2D eigenvalue weighted by Crippen LogP contribution is 2.24. The number of aliphatic hydroxyl groups is 1. The fourth-order valence-corrected chi connectivity index (χ4v) is 10.4. The van der Waals surface area contributed by atoms with Gasteiger partial charge in [-0.25, -0.2) is 0 Å². The van der Waals surface area contributed by atoms with Gasteiger partial charge in [-0.3, -0.25) is 52.7 Å². The number of nitrogens with one attached hydrogen (secondary N) is 5. The van der Waals surface area contributed by atoms with Gasteiger partial charge in [0.2, 0.25) is 65.0 Å². The molecule has 6 N–H and O–H groups in total. The highest BCUT2D eigenvalue weighted by molar-refractivity contribution is 5.99. The van der Waals surface area contributed by atoms with Crippen molar-refractivity contribution in [2.24, 2.45) is 41.4 Å². The van der Waals surface area contributed by atoms with Gasteiger partial charge in [-0.1, -0.05) is 109 Å². The van der Waals surface area contributed by atoms with Gasteiger partial charge in [0.05, 0.1) is 12.6 Å². The van der Waals surface area contributed by atoms with Crippen molar-refractivity contribution in [1.82, 2.24) is 56.0 Å². The van der Waals surface area contributed by atoms with Gasteiger partial charge in [0, 0.05) is 42.3 Å². The molecule has 1 saturated heterocycles. The van der Waals surface area contributed by atoms with Crippen molar-refractivity contribution in [1.29, 1.82) is 0 Å². The Morgan fingerprint density at radius 1 is 0.464 bits per heavy atom. The van der Waals surface area contributed by atoms with E-state index >= 15 is 4.79 Å². The van der Waals surface area contributed by atoms with Crippen LogP contribution in [0.1, 0.15) is 156 Å². The topological polar surface area (TPSA) is 288 Å². The zero-order chi connectivity index (χ0) is 65.1. The summed E-state index contributed by atoms with van der Waals surface area (Å²) in [6.07, 6.45) is 3.00. The summed E-state index contributed by atoms with van der Waals surface area (Å²) < 4.78 is 0. The Labute approximate surface area is 502 Å². The van der Waals surface area contributed by atoms with Gasteiger partial charge < -0.3 is 61.1 Å². The van der Waals surface area contributed by atoms with Crippen LogP contribution in [0, 0.1) is 41.4 Å². The summed E-state index contributed by atoms with van der Waals surface area (Å²) in [6, 6.07) is -12.4. The first-order chi connectivity index (χ1) is 38.8. The fourth-order valence-electron chi connectivity index (χ4n) is 10.4. The quantitative estimate of drug-likeness (QED) is 0.129. The molecule has 1 rings (SSSR count). The number of rotatable bonds is 15. The lowest BCUT2D eigenvalue weighted by Gasteiger charge is -2.40. The average Bonchev–Trinajstić information content (AvgIpc) is 3.47. The Hall–Kier alpha value is -6.13. The summed E-state index contributed by atoms with van der Waals surface area (Å²) in [5.41, 5.74) is 0. The lowest BCUT2D eigenvalue weighted by atomic mass is 9.91. The lowest BCUT2D eigenvalue weighted by Crippen LogP contribution is -2.63. The molecule has 11 amide bonds. The number of amides is 11. The Bertz CT molecular complexity index is 2290. The average molecular weight is 1190 g/mol. The first-order valence-corrected chi connectivity index (χ1v) is 30.2. The summed E-state index contributed by atoms with van der Waals surface area (Å²) in [5, 5.41) is 25.9. The zero-order valence-electron chi connectivity index (χ0n) is 55.1. The molecule has 0 spiro atoms. The normalized spacial score (nSPS) is 27.0. The summed E-state index contributed by atoms with van der Waals surface area (Å²) in [7, 11) is 8.39. The van der Waals surface area contributed by atoms with Crippen LogP contribution in [0.4, 0.5) is 0 Å². The Morgan fingerprint density at radius 3 is 1.35 bits per heavy atom. The molecule has 0 saturated carbocycles. The molecule has 1 heterocycles. The van der Waals surface area contributed by atoms with Crippen molar-refractivity contribution in [3.8, 4) is 0 Å². The maximum Gasteiger partial charge on any atom is 0.246 e. The van der Waals surface area contributed by atoms with Crippen LogP contribution in [-0.4, -0.2) is 215 Å². The predicted molar refractivity (Wildman–Crippen MR) is 324 cm³/mol. The third-order valence-corrected chi connectivity index (χ3v) is 15.6. The van der Waals surface area contributed by atoms with Gasteiger partial charge in [-0.05, 0) is 101 Å². The molecule has 1 fully saturated rings. The van der Waals surface area contributed by atoms with Crippen molar-refractivity contribution in [3.05, 3.63) is 12.2 Å². The Kier molecular flexibility index (Phi) is 31.4. The fraction of sp³-hybridized carbons (Fsp3) is 0.787. The second kappa shape index (κ2) is 34.7. The van der Waals surface area contributed by atoms with E-state index < -0.39 is 156 Å². The molecule has 12 atom stereocenters. The molecule has 0 aromatic rings. The highest BCUT2D eigenvalue weighted by atomic mass is 16.3. The number of nitrogens with zero attached hydrogens (tertiary/aromatic N) is 6. The molecule has 0 unspecified atom stereocenters. The number of carbonyl (C=O) groups excluding carboxylic acids is 11. The van der Waals surface area contributed by atoms with Gasteiger partial charge in [0.15, 0.2) is 0 Å². The minimum atomic E-state index is -1.61. The maximum atomic E-state index is 15.0. The summed E-state index contributed by atoms with van der Waals surface area (Å²) >= 11 is 0. The molecule has 84 heavy (non-hydrogen) atoms. The van der Waals surface area contributed by atoms with E-state index in [1.807, 2.05) is 55.4 Å². The number of allylic oxidation sites excluding steroid dienone is 2. The molecule has 0 bridgehead atoms. The van der Waals surface area contributed by atoms with E-state index in [0.717, 1.165) is 9.80 Å². The van der Waals surface area contributed by atoms with Crippen LogP contribution in [0.15, 0.2) is 12.2 Å². The number of likely N-dealkylation sites (N-methyl/N-ethyl adjacent to an activating group) is 6. The highest BCUT2D eigenvalue weighted by Gasteiger charge is 2.45. The maximum absolute atomic E-state index is 15.0. The van der Waals surface area contributed by atoms with Crippen LogP contribution < -0.4 is 26.6 Å². The second-order valence-electron chi connectivity index (χ2n) is 25.7. The molecule has 1 aliphatic rings. The van der Waals surface area contributed by atoms with Crippen molar-refractivity contribution >= 4 is 65.0 Å². The van der Waals surface area contributed by atoms with Crippen molar-refractivity contribution in [2.75, 3.05) is 48.8 Å². The van der Waals surface area contributed by atoms with E-state index in [-0.39, 0.29) is 55.8 Å². The van der Waals surface area contributed by atoms with Gasteiger partial charge in [0.25, 0.3) is 0 Å². The van der Waals surface area contributed by atoms with Crippen LogP contribution in [0.25, 0.3) is 0 Å². The van der Waals surface area contributed by atoms with Crippen molar-refractivity contribution in [2.45, 2.75) is 223 Å². The summed E-state index contributed by atoms with van der Waals surface area (Å²) in [6.45, 7) is 29.2. The molecule has 23 nitrogen and oxygen atoms in total. The van der Waals surface area contributed by atoms with Gasteiger partial charge in [0.1, 0.15) is 60.4 Å². The van der Waals surface area contributed by atoms with Gasteiger partial charge >= 0.3 is 0 Å². The third-order valence-electron chi connectivity index (χ3n) is 15.6. The van der Waals surface area contributed by atoms with Gasteiger partial charge in [-0.2, -0.15) is 0 Å². The SMILES string of the molecule is C/C=C/C[C@@H](C)[C@@H](O)[C@H]1C(=O)N[C@H](CC)C(=O)N(C)CC(=O)N(C)[C@@H](CC(C)C)C(=O)N[C@@H](C(C)C)C(=O)N(C)[C@H](CC(C)C)C(=O)N[C@@H](C)C(=O)N[C@H](C)C(=O)N(C)[C@@H](CC(C)C)C(=O)N[C@@H](CC(C)C)C(=O)N(C)[C@H](C(C)C)C(=O)N1C. The molecular weight excluding hydrogens is 1080 g/mol. The molecule has 0 aliphatic carbocycles. The molecular formula is C61H109N11O12. The van der Waals surface area contributed by atoms with Crippen LogP contribution in [0.5, 0.6) is 0 Å². The molecule has 0 radical (unpaired) electrons. The standard InChI is InChI=1S/C61H109N11O12/c1-24-26-27-39(15)51(74)50-56(79)64-42(25-2)58(81)67(18)32-47(73)68(19)44(29-34(5)6)55(78)66-48(37(11)12)60(83)70(21)45(30-35(7)8)53(76)62-40(16)52(75)63-41(17)57(80)69(20)46(31-36(9)10)54(77)65-43(28-33(3)4)59(82)71(22)49(38(13)14)61(84)72(50)23/h24,26,33-46,48-51,74H,25,27-32H2,1-23H3,(H,62,76)(H,63,75)(H,64,79)(H,65,77)(H,66,78)/b26-24+/t39-,40+,41-,42-,43+,44+,45-,46+,48+,49-,50+,51-/m1/s1. The van der Waals surface area contributed by atoms with Gasteiger partial charge in [-0.15, -0.1) is 0 Å².